The van der Waals surface area contributed by atoms with Crippen molar-refractivity contribution in [2.24, 2.45) is 5.73 Å². The predicted molar refractivity (Wildman–Crippen MR) is 95.7 cm³/mol. The van der Waals surface area contributed by atoms with Gasteiger partial charge in [-0.05, 0) is 53.0 Å². The van der Waals surface area contributed by atoms with Gasteiger partial charge in [0.15, 0.2) is 0 Å². The first-order chi connectivity index (χ1) is 9.86. The summed E-state index contributed by atoms with van der Waals surface area (Å²) >= 11 is 19.1. The predicted octanol–water partition coefficient (Wildman–Crippen LogP) is 6.20. The van der Waals surface area contributed by atoms with E-state index in [1.54, 1.807) is 12.1 Å². The summed E-state index contributed by atoms with van der Waals surface area (Å²) in [6.45, 7) is 1.97. The first kappa shape index (κ1) is 17.1. The standard InChI is InChI=1S/C15H13Br2Cl2NO/c1-8(20)4-9-2-3-10(5-11(9)16)21-15-7-13(18)12(17)6-14(15)19/h2-3,5-8H,4,20H2,1H3. The zero-order valence-electron chi connectivity index (χ0n) is 11.2. The van der Waals surface area contributed by atoms with Gasteiger partial charge in [0.2, 0.25) is 0 Å². The molecule has 0 aliphatic carbocycles. The van der Waals surface area contributed by atoms with Gasteiger partial charge in [-0.15, -0.1) is 0 Å². The maximum Gasteiger partial charge on any atom is 0.147 e. The number of rotatable bonds is 4. The van der Waals surface area contributed by atoms with Crippen molar-refractivity contribution in [2.75, 3.05) is 0 Å². The minimum Gasteiger partial charge on any atom is -0.456 e. The zero-order valence-corrected chi connectivity index (χ0v) is 15.9. The van der Waals surface area contributed by atoms with Crippen LogP contribution in [0.4, 0.5) is 0 Å². The molecule has 2 aromatic rings. The number of halogens is 4. The second-order valence-electron chi connectivity index (χ2n) is 4.73. The number of ether oxygens (including phenoxy) is 1. The molecule has 112 valence electrons. The SMILES string of the molecule is CC(N)Cc1ccc(Oc2cc(Cl)c(Br)cc2Cl)cc1Br. The fourth-order valence-electron chi connectivity index (χ4n) is 1.81. The highest BCUT2D eigenvalue weighted by Crippen LogP contribution is 2.37. The molecule has 0 saturated carbocycles. The summed E-state index contributed by atoms with van der Waals surface area (Å²) in [4.78, 5) is 0. The van der Waals surface area contributed by atoms with Crippen LogP contribution in [0.15, 0.2) is 39.3 Å². The van der Waals surface area contributed by atoms with Crippen LogP contribution in [-0.2, 0) is 6.42 Å². The van der Waals surface area contributed by atoms with Gasteiger partial charge in [0, 0.05) is 21.1 Å². The summed E-state index contributed by atoms with van der Waals surface area (Å²) in [5.74, 6) is 1.19. The lowest BCUT2D eigenvalue weighted by Gasteiger charge is -2.12. The van der Waals surface area contributed by atoms with E-state index >= 15 is 0 Å². The van der Waals surface area contributed by atoms with Crippen LogP contribution in [-0.4, -0.2) is 6.04 Å². The molecule has 0 aliphatic heterocycles. The van der Waals surface area contributed by atoms with Crippen molar-refractivity contribution in [1.29, 1.82) is 0 Å². The topological polar surface area (TPSA) is 35.2 Å². The van der Waals surface area contributed by atoms with Gasteiger partial charge in [-0.25, -0.2) is 0 Å². The lowest BCUT2D eigenvalue weighted by atomic mass is 10.1. The first-order valence-corrected chi connectivity index (χ1v) is 8.57. The van der Waals surface area contributed by atoms with Crippen LogP contribution >= 0.6 is 55.1 Å². The molecular weight excluding hydrogens is 441 g/mol. The zero-order chi connectivity index (χ0) is 15.6. The van der Waals surface area contributed by atoms with Crippen molar-refractivity contribution in [3.63, 3.8) is 0 Å². The van der Waals surface area contributed by atoms with E-state index in [1.165, 1.54) is 0 Å². The van der Waals surface area contributed by atoms with Gasteiger partial charge < -0.3 is 10.5 Å². The molecule has 0 aromatic heterocycles. The Kier molecular flexibility index (Phi) is 5.97. The van der Waals surface area contributed by atoms with Gasteiger partial charge in [0.05, 0.1) is 10.0 Å². The van der Waals surface area contributed by atoms with E-state index in [1.807, 2.05) is 25.1 Å². The molecule has 1 unspecified atom stereocenters. The van der Waals surface area contributed by atoms with Crippen LogP contribution in [0.1, 0.15) is 12.5 Å². The maximum absolute atomic E-state index is 6.15. The largest absolute Gasteiger partial charge is 0.456 e. The lowest BCUT2D eigenvalue weighted by molar-refractivity contribution is 0.482. The normalized spacial score (nSPS) is 12.3. The van der Waals surface area contributed by atoms with Crippen LogP contribution in [0.2, 0.25) is 10.0 Å². The molecule has 0 heterocycles. The summed E-state index contributed by atoms with van der Waals surface area (Å²) in [5.41, 5.74) is 6.95. The molecule has 2 rings (SSSR count). The molecule has 0 amide bonds. The maximum atomic E-state index is 6.15. The minimum atomic E-state index is 0.104. The van der Waals surface area contributed by atoms with Crippen LogP contribution < -0.4 is 10.5 Å². The number of benzene rings is 2. The van der Waals surface area contributed by atoms with Gasteiger partial charge in [-0.1, -0.05) is 45.2 Å². The average molecular weight is 454 g/mol. The van der Waals surface area contributed by atoms with Crippen LogP contribution in [0.3, 0.4) is 0 Å². The number of hydrogen-bond acceptors (Lipinski definition) is 2. The summed E-state index contributed by atoms with van der Waals surface area (Å²) in [6, 6.07) is 9.25. The van der Waals surface area contributed by atoms with Crippen molar-refractivity contribution in [3.8, 4) is 11.5 Å². The van der Waals surface area contributed by atoms with Crippen molar-refractivity contribution >= 4 is 55.1 Å². The molecule has 21 heavy (non-hydrogen) atoms. The second-order valence-corrected chi connectivity index (χ2v) is 7.26. The Hall–Kier alpha value is -0.260. The minimum absolute atomic E-state index is 0.104. The highest BCUT2D eigenvalue weighted by Gasteiger charge is 2.10. The summed E-state index contributed by atoms with van der Waals surface area (Å²) < 4.78 is 7.47. The Morgan fingerprint density at radius 2 is 1.81 bits per heavy atom. The Labute approximate surface area is 150 Å². The monoisotopic (exact) mass is 451 g/mol. The van der Waals surface area contributed by atoms with Crippen molar-refractivity contribution in [3.05, 3.63) is 54.9 Å². The molecule has 0 bridgehead atoms. The third-order valence-corrected chi connectivity index (χ3v) is 5.00. The molecule has 0 radical (unpaired) electrons. The van der Waals surface area contributed by atoms with E-state index in [-0.39, 0.29) is 6.04 Å². The van der Waals surface area contributed by atoms with E-state index in [0.29, 0.717) is 21.5 Å². The third kappa shape index (κ3) is 4.60. The molecule has 2 N–H and O–H groups in total. The van der Waals surface area contributed by atoms with Crippen molar-refractivity contribution < 1.29 is 4.74 Å². The first-order valence-electron chi connectivity index (χ1n) is 6.23. The van der Waals surface area contributed by atoms with E-state index in [4.69, 9.17) is 33.7 Å². The van der Waals surface area contributed by atoms with E-state index in [0.717, 1.165) is 20.9 Å². The van der Waals surface area contributed by atoms with Crippen LogP contribution in [0.25, 0.3) is 0 Å². The quantitative estimate of drug-likeness (QED) is 0.559. The fraction of sp³-hybridized carbons (Fsp3) is 0.200. The fourth-order valence-corrected chi connectivity index (χ4v) is 3.16. The Morgan fingerprint density at radius 1 is 1.10 bits per heavy atom. The van der Waals surface area contributed by atoms with E-state index in [9.17, 15) is 0 Å². The molecule has 1 atom stereocenters. The summed E-state index contributed by atoms with van der Waals surface area (Å²) in [5, 5.41) is 1.03. The van der Waals surface area contributed by atoms with E-state index < -0.39 is 0 Å². The second kappa shape index (κ2) is 7.34. The molecule has 0 fully saturated rings. The third-order valence-electron chi connectivity index (χ3n) is 2.77. The average Bonchev–Trinajstić information content (AvgIpc) is 2.39. The molecule has 6 heteroatoms. The number of hydrogen-bond donors (Lipinski definition) is 1. The van der Waals surface area contributed by atoms with Crippen LogP contribution in [0.5, 0.6) is 11.5 Å². The molecule has 2 aromatic carbocycles. The highest BCUT2D eigenvalue weighted by molar-refractivity contribution is 9.10. The molecule has 2 nitrogen and oxygen atoms in total. The van der Waals surface area contributed by atoms with Gasteiger partial charge in [0.1, 0.15) is 11.5 Å². The van der Waals surface area contributed by atoms with Crippen LogP contribution in [0, 0.1) is 0 Å². The van der Waals surface area contributed by atoms with Crippen molar-refractivity contribution in [2.45, 2.75) is 19.4 Å². The van der Waals surface area contributed by atoms with Gasteiger partial charge in [0.25, 0.3) is 0 Å². The Bertz CT molecular complexity index is 662. The van der Waals surface area contributed by atoms with Gasteiger partial charge >= 0.3 is 0 Å². The molecular formula is C15H13Br2Cl2NO. The molecule has 0 spiro atoms. The van der Waals surface area contributed by atoms with Gasteiger partial charge in [-0.2, -0.15) is 0 Å². The Morgan fingerprint density at radius 3 is 2.43 bits per heavy atom. The number of nitrogens with two attached hydrogens (primary N) is 1. The Balaban J connectivity index is 2.24. The lowest BCUT2D eigenvalue weighted by Crippen LogP contribution is -2.17. The summed E-state index contributed by atoms with van der Waals surface area (Å²) in [7, 11) is 0. The smallest absolute Gasteiger partial charge is 0.147 e. The van der Waals surface area contributed by atoms with Crippen molar-refractivity contribution in [1.82, 2.24) is 0 Å². The molecule has 0 saturated heterocycles. The van der Waals surface area contributed by atoms with E-state index in [2.05, 4.69) is 31.9 Å². The van der Waals surface area contributed by atoms with Gasteiger partial charge in [-0.3, -0.25) is 0 Å². The summed E-state index contributed by atoms with van der Waals surface area (Å²) in [6.07, 6.45) is 0.797. The molecule has 0 aliphatic rings. The highest BCUT2D eigenvalue weighted by atomic mass is 79.9.